The maximum Gasteiger partial charge on any atom is 0.251 e. The normalized spacial score (nSPS) is 10.1. The summed E-state index contributed by atoms with van der Waals surface area (Å²) in [5.74, 6) is -0.723. The number of hydrogen-bond acceptors (Lipinski definition) is 2. The van der Waals surface area contributed by atoms with E-state index in [1.807, 2.05) is 6.92 Å². The van der Waals surface area contributed by atoms with E-state index >= 15 is 0 Å². The van der Waals surface area contributed by atoms with Gasteiger partial charge in [0.05, 0.1) is 0 Å². The van der Waals surface area contributed by atoms with Gasteiger partial charge >= 0.3 is 0 Å². The molecule has 1 aromatic carbocycles. The molecule has 0 aliphatic rings. The van der Waals surface area contributed by atoms with Gasteiger partial charge < -0.3 is 10.6 Å². The Labute approximate surface area is 112 Å². The molecule has 0 bridgehead atoms. The number of carbonyl (C=O) groups excluding carboxylic acids is 2. The molecular formula is C14H19FN2O2. The standard InChI is InChI=1S/C14H19FN2O2/c1-3-7-16-13(18)6-8-17-14(19)11-4-5-12(15)10(2)9-11/h4-5,9H,3,6-8H2,1-2H3,(H,16,18)(H,17,19). The Balaban J connectivity index is 2.39. The molecular weight excluding hydrogens is 247 g/mol. The van der Waals surface area contributed by atoms with Crippen molar-refractivity contribution >= 4 is 11.8 Å². The lowest BCUT2D eigenvalue weighted by atomic mass is 10.1. The number of nitrogens with one attached hydrogen (secondary N) is 2. The average Bonchev–Trinajstić information content (AvgIpc) is 2.39. The van der Waals surface area contributed by atoms with Crippen LogP contribution < -0.4 is 10.6 Å². The smallest absolute Gasteiger partial charge is 0.251 e. The SMILES string of the molecule is CCCNC(=O)CCNC(=O)c1ccc(F)c(C)c1. The van der Waals surface area contributed by atoms with E-state index < -0.39 is 0 Å². The maximum absolute atomic E-state index is 13.1. The van der Waals surface area contributed by atoms with Crippen LogP contribution in [0.5, 0.6) is 0 Å². The Morgan fingerprint density at radius 2 is 1.95 bits per heavy atom. The van der Waals surface area contributed by atoms with Crippen LogP contribution in [0, 0.1) is 12.7 Å². The second-order valence-corrected chi connectivity index (χ2v) is 4.32. The van der Waals surface area contributed by atoms with Crippen LogP contribution in [-0.2, 0) is 4.79 Å². The Hall–Kier alpha value is -1.91. The van der Waals surface area contributed by atoms with Crippen LogP contribution in [0.2, 0.25) is 0 Å². The summed E-state index contributed by atoms with van der Waals surface area (Å²) in [6.45, 7) is 4.48. The molecule has 0 radical (unpaired) electrons. The quantitative estimate of drug-likeness (QED) is 0.824. The van der Waals surface area contributed by atoms with Crippen molar-refractivity contribution in [1.29, 1.82) is 0 Å². The highest BCUT2D eigenvalue weighted by Gasteiger charge is 2.08. The predicted octanol–water partition coefficient (Wildman–Crippen LogP) is 1.78. The van der Waals surface area contributed by atoms with E-state index in [2.05, 4.69) is 10.6 Å². The molecule has 1 aromatic rings. The van der Waals surface area contributed by atoms with E-state index in [9.17, 15) is 14.0 Å². The fourth-order valence-electron chi connectivity index (χ4n) is 1.53. The second-order valence-electron chi connectivity index (χ2n) is 4.32. The van der Waals surface area contributed by atoms with E-state index in [0.717, 1.165) is 6.42 Å². The van der Waals surface area contributed by atoms with Gasteiger partial charge in [-0.1, -0.05) is 6.92 Å². The van der Waals surface area contributed by atoms with Gasteiger partial charge in [-0.3, -0.25) is 9.59 Å². The van der Waals surface area contributed by atoms with Crippen molar-refractivity contribution in [2.24, 2.45) is 0 Å². The van der Waals surface area contributed by atoms with E-state index in [0.29, 0.717) is 17.7 Å². The van der Waals surface area contributed by atoms with Crippen LogP contribution in [0.15, 0.2) is 18.2 Å². The number of hydrogen-bond donors (Lipinski definition) is 2. The lowest BCUT2D eigenvalue weighted by Gasteiger charge is -2.07. The first-order chi connectivity index (χ1) is 9.04. The predicted molar refractivity (Wildman–Crippen MR) is 71.4 cm³/mol. The van der Waals surface area contributed by atoms with Gasteiger partial charge in [0.25, 0.3) is 5.91 Å². The largest absolute Gasteiger partial charge is 0.356 e. The minimum absolute atomic E-state index is 0.0857. The molecule has 0 saturated carbocycles. The van der Waals surface area contributed by atoms with Gasteiger partial charge in [-0.15, -0.1) is 0 Å². The molecule has 0 aromatic heterocycles. The van der Waals surface area contributed by atoms with Crippen LogP contribution in [0.4, 0.5) is 4.39 Å². The third-order valence-electron chi connectivity index (χ3n) is 2.63. The van der Waals surface area contributed by atoms with Gasteiger partial charge in [-0.05, 0) is 37.1 Å². The van der Waals surface area contributed by atoms with E-state index in [1.165, 1.54) is 18.2 Å². The zero-order chi connectivity index (χ0) is 14.3. The zero-order valence-corrected chi connectivity index (χ0v) is 11.3. The molecule has 0 aliphatic carbocycles. The molecule has 1 rings (SSSR count). The van der Waals surface area contributed by atoms with Crippen molar-refractivity contribution in [2.75, 3.05) is 13.1 Å². The summed E-state index contributed by atoms with van der Waals surface area (Å²) in [4.78, 5) is 23.0. The minimum atomic E-state index is -0.338. The first-order valence-electron chi connectivity index (χ1n) is 6.35. The maximum atomic E-state index is 13.1. The van der Waals surface area contributed by atoms with Crippen molar-refractivity contribution in [3.63, 3.8) is 0 Å². The number of amides is 2. The van der Waals surface area contributed by atoms with Crippen LogP contribution in [0.1, 0.15) is 35.7 Å². The summed E-state index contributed by atoms with van der Waals surface area (Å²) < 4.78 is 13.1. The number of carbonyl (C=O) groups is 2. The first-order valence-corrected chi connectivity index (χ1v) is 6.35. The topological polar surface area (TPSA) is 58.2 Å². The molecule has 0 fully saturated rings. The lowest BCUT2D eigenvalue weighted by Crippen LogP contribution is -2.31. The van der Waals surface area contributed by atoms with Gasteiger partial charge in [0, 0.05) is 25.1 Å². The highest BCUT2D eigenvalue weighted by atomic mass is 19.1. The molecule has 2 amide bonds. The third-order valence-corrected chi connectivity index (χ3v) is 2.63. The molecule has 2 N–H and O–H groups in total. The van der Waals surface area contributed by atoms with Crippen LogP contribution >= 0.6 is 0 Å². The molecule has 0 saturated heterocycles. The summed E-state index contributed by atoms with van der Waals surface area (Å²) in [5, 5.41) is 5.35. The minimum Gasteiger partial charge on any atom is -0.356 e. The third kappa shape index (κ3) is 5.07. The van der Waals surface area contributed by atoms with Gasteiger partial charge in [-0.2, -0.15) is 0 Å². The van der Waals surface area contributed by atoms with E-state index in [4.69, 9.17) is 0 Å². The monoisotopic (exact) mass is 266 g/mol. The summed E-state index contributed by atoms with van der Waals surface area (Å²) in [6.07, 6.45) is 1.12. The highest BCUT2D eigenvalue weighted by molar-refractivity contribution is 5.94. The van der Waals surface area contributed by atoms with Crippen molar-refractivity contribution in [2.45, 2.75) is 26.7 Å². The Morgan fingerprint density at radius 3 is 2.58 bits per heavy atom. The van der Waals surface area contributed by atoms with Gasteiger partial charge in [0.2, 0.25) is 5.91 Å². The lowest BCUT2D eigenvalue weighted by molar-refractivity contribution is -0.120. The fourth-order valence-corrected chi connectivity index (χ4v) is 1.53. The number of halogens is 1. The summed E-state index contributed by atoms with van der Waals surface area (Å²) >= 11 is 0. The molecule has 0 heterocycles. The zero-order valence-electron chi connectivity index (χ0n) is 11.3. The molecule has 104 valence electrons. The molecule has 19 heavy (non-hydrogen) atoms. The molecule has 5 heteroatoms. The fraction of sp³-hybridized carbons (Fsp3) is 0.429. The molecule has 0 spiro atoms. The summed E-state index contributed by atoms with van der Waals surface area (Å²) in [5.41, 5.74) is 0.821. The highest BCUT2D eigenvalue weighted by Crippen LogP contribution is 2.08. The van der Waals surface area contributed by atoms with Gasteiger partial charge in [-0.25, -0.2) is 4.39 Å². The number of aryl methyl sites for hydroxylation is 1. The van der Waals surface area contributed by atoms with Gasteiger partial charge in [0.15, 0.2) is 0 Å². The Kier molecular flexibility index (Phi) is 5.99. The number of benzene rings is 1. The number of rotatable bonds is 6. The average molecular weight is 266 g/mol. The summed E-state index contributed by atoms with van der Waals surface area (Å²) in [7, 11) is 0. The molecule has 4 nitrogen and oxygen atoms in total. The van der Waals surface area contributed by atoms with E-state index in [1.54, 1.807) is 6.92 Å². The molecule has 0 aliphatic heterocycles. The first kappa shape index (κ1) is 15.1. The molecule has 0 atom stereocenters. The van der Waals surface area contributed by atoms with Crippen molar-refractivity contribution in [3.8, 4) is 0 Å². The second kappa shape index (κ2) is 7.51. The van der Waals surface area contributed by atoms with Crippen LogP contribution in [0.25, 0.3) is 0 Å². The van der Waals surface area contributed by atoms with Crippen LogP contribution in [0.3, 0.4) is 0 Å². The molecule has 0 unspecified atom stereocenters. The van der Waals surface area contributed by atoms with E-state index in [-0.39, 0.29) is 30.6 Å². The van der Waals surface area contributed by atoms with Crippen molar-refractivity contribution < 1.29 is 14.0 Å². The van der Waals surface area contributed by atoms with Gasteiger partial charge in [0.1, 0.15) is 5.82 Å². The summed E-state index contributed by atoms with van der Waals surface area (Å²) in [6, 6.07) is 4.18. The Bertz CT molecular complexity index is 461. The van der Waals surface area contributed by atoms with Crippen molar-refractivity contribution in [3.05, 3.63) is 35.1 Å². The van der Waals surface area contributed by atoms with Crippen molar-refractivity contribution in [1.82, 2.24) is 10.6 Å². The van der Waals surface area contributed by atoms with Crippen LogP contribution in [-0.4, -0.2) is 24.9 Å². The Morgan fingerprint density at radius 1 is 1.21 bits per heavy atom.